The lowest BCUT2D eigenvalue weighted by molar-refractivity contribution is -0.380. The van der Waals surface area contributed by atoms with Crippen LogP contribution in [0.2, 0.25) is 0 Å². The first kappa shape index (κ1) is 13.5. The van der Waals surface area contributed by atoms with Gasteiger partial charge in [-0.1, -0.05) is 29.5 Å². The maximum atomic E-state index is 12.5. The zero-order valence-electron chi connectivity index (χ0n) is 9.48. The Hall–Kier alpha value is -1.89. The quantitative estimate of drug-likeness (QED) is 0.625. The summed E-state index contributed by atoms with van der Waals surface area (Å²) in [7, 11) is 0. The number of nitro groups is 1. The van der Waals surface area contributed by atoms with E-state index in [2.05, 4.69) is 0 Å². The molecule has 0 unspecified atom stereocenters. The van der Waals surface area contributed by atoms with Gasteiger partial charge < -0.3 is 0 Å². The number of hydrogen-bond acceptors (Lipinski definition) is 3. The molecule has 0 amide bonds. The fourth-order valence-electron chi connectivity index (χ4n) is 1.62. The lowest BCUT2D eigenvalue weighted by atomic mass is 10.1. The highest BCUT2D eigenvalue weighted by Gasteiger charge is 2.30. The van der Waals surface area contributed by atoms with Gasteiger partial charge in [-0.05, 0) is 17.7 Å². The molecule has 0 saturated carbocycles. The molecular weight excluding hydrogens is 279 g/mol. The van der Waals surface area contributed by atoms with Gasteiger partial charge in [0.1, 0.15) is 0 Å². The molecular formula is C12H8F3NO2S. The molecule has 0 aliphatic heterocycles. The number of nitrogens with zero attached hydrogens (tertiary/aromatic N) is 1. The van der Waals surface area contributed by atoms with Crippen molar-refractivity contribution in [3.63, 3.8) is 0 Å². The van der Waals surface area contributed by atoms with Crippen LogP contribution in [0, 0.1) is 10.1 Å². The van der Waals surface area contributed by atoms with Gasteiger partial charge in [-0.3, -0.25) is 10.1 Å². The Bertz CT molecular complexity index is 607. The molecule has 0 bridgehead atoms. The molecule has 0 N–H and O–H groups in total. The molecule has 0 fully saturated rings. The summed E-state index contributed by atoms with van der Waals surface area (Å²) in [5, 5.41) is 10.5. The van der Waals surface area contributed by atoms with E-state index in [-0.39, 0.29) is 11.4 Å². The third-order valence-corrected chi connectivity index (χ3v) is 3.50. The van der Waals surface area contributed by atoms with Gasteiger partial charge in [0, 0.05) is 17.4 Å². The van der Waals surface area contributed by atoms with Crippen LogP contribution in [0.25, 0.3) is 0 Å². The van der Waals surface area contributed by atoms with E-state index >= 15 is 0 Å². The molecule has 0 radical (unpaired) electrons. The standard InChI is InChI=1S/C12H8F3NO2S/c13-12(14,15)9-3-1-2-8(6-9)7-10-4-5-11(19-10)16(17)18/h1-6H,7H2. The Balaban J connectivity index is 2.21. The molecule has 2 aromatic rings. The van der Waals surface area contributed by atoms with Crippen molar-refractivity contribution in [1.29, 1.82) is 0 Å². The number of halogens is 3. The lowest BCUT2D eigenvalue weighted by Crippen LogP contribution is -2.05. The minimum Gasteiger partial charge on any atom is -0.258 e. The van der Waals surface area contributed by atoms with Crippen molar-refractivity contribution >= 4 is 16.3 Å². The highest BCUT2D eigenvalue weighted by molar-refractivity contribution is 7.15. The largest absolute Gasteiger partial charge is 0.416 e. The Morgan fingerprint density at radius 3 is 2.53 bits per heavy atom. The number of benzene rings is 1. The zero-order chi connectivity index (χ0) is 14.0. The summed E-state index contributed by atoms with van der Waals surface area (Å²) in [6.45, 7) is 0. The number of thiophene rings is 1. The third kappa shape index (κ3) is 3.31. The van der Waals surface area contributed by atoms with Crippen LogP contribution in [0.3, 0.4) is 0 Å². The van der Waals surface area contributed by atoms with Crippen LogP contribution in [0.4, 0.5) is 18.2 Å². The van der Waals surface area contributed by atoms with Gasteiger partial charge in [-0.15, -0.1) is 0 Å². The number of alkyl halides is 3. The highest BCUT2D eigenvalue weighted by atomic mass is 32.1. The van der Waals surface area contributed by atoms with E-state index in [4.69, 9.17) is 0 Å². The van der Waals surface area contributed by atoms with Crippen molar-refractivity contribution < 1.29 is 18.1 Å². The Morgan fingerprint density at radius 2 is 1.95 bits per heavy atom. The maximum absolute atomic E-state index is 12.5. The van der Waals surface area contributed by atoms with Crippen LogP contribution in [-0.2, 0) is 12.6 Å². The molecule has 1 aromatic carbocycles. The van der Waals surface area contributed by atoms with Crippen molar-refractivity contribution in [2.75, 3.05) is 0 Å². The van der Waals surface area contributed by atoms with Gasteiger partial charge in [-0.2, -0.15) is 13.2 Å². The molecule has 3 nitrogen and oxygen atoms in total. The van der Waals surface area contributed by atoms with Crippen molar-refractivity contribution in [1.82, 2.24) is 0 Å². The van der Waals surface area contributed by atoms with Gasteiger partial charge in [0.25, 0.3) is 0 Å². The fourth-order valence-corrected chi connectivity index (χ4v) is 2.47. The van der Waals surface area contributed by atoms with E-state index in [9.17, 15) is 23.3 Å². The van der Waals surface area contributed by atoms with Crippen LogP contribution in [0.15, 0.2) is 36.4 Å². The topological polar surface area (TPSA) is 43.1 Å². The summed E-state index contributed by atoms with van der Waals surface area (Å²) >= 11 is 0.969. The summed E-state index contributed by atoms with van der Waals surface area (Å²) in [6, 6.07) is 7.88. The van der Waals surface area contributed by atoms with E-state index in [0.717, 1.165) is 23.5 Å². The molecule has 0 spiro atoms. The van der Waals surface area contributed by atoms with Gasteiger partial charge in [-0.25, -0.2) is 0 Å². The van der Waals surface area contributed by atoms with Gasteiger partial charge in [0.05, 0.1) is 10.5 Å². The van der Waals surface area contributed by atoms with Crippen LogP contribution in [0.5, 0.6) is 0 Å². The smallest absolute Gasteiger partial charge is 0.258 e. The molecule has 19 heavy (non-hydrogen) atoms. The molecule has 0 aliphatic carbocycles. The average Bonchev–Trinajstić information content (AvgIpc) is 2.77. The predicted molar refractivity (Wildman–Crippen MR) is 65.2 cm³/mol. The van der Waals surface area contributed by atoms with Crippen LogP contribution in [0.1, 0.15) is 16.0 Å². The van der Waals surface area contributed by atoms with Crippen molar-refractivity contribution in [2.45, 2.75) is 12.6 Å². The second-order valence-corrected chi connectivity index (χ2v) is 5.02. The van der Waals surface area contributed by atoms with E-state index in [0.29, 0.717) is 10.4 Å². The van der Waals surface area contributed by atoms with Crippen LogP contribution >= 0.6 is 11.3 Å². The first-order valence-corrected chi connectivity index (χ1v) is 6.07. The first-order valence-electron chi connectivity index (χ1n) is 5.25. The van der Waals surface area contributed by atoms with E-state index in [1.165, 1.54) is 12.1 Å². The van der Waals surface area contributed by atoms with E-state index < -0.39 is 16.7 Å². The average molecular weight is 287 g/mol. The Morgan fingerprint density at radius 1 is 1.21 bits per heavy atom. The molecule has 1 aromatic heterocycles. The fraction of sp³-hybridized carbons (Fsp3) is 0.167. The summed E-state index contributed by atoms with van der Waals surface area (Å²) in [4.78, 5) is 10.7. The first-order chi connectivity index (χ1) is 8.86. The zero-order valence-corrected chi connectivity index (χ0v) is 10.3. The second-order valence-electron chi connectivity index (χ2n) is 3.87. The van der Waals surface area contributed by atoms with Gasteiger partial charge in [0.15, 0.2) is 0 Å². The monoisotopic (exact) mass is 287 g/mol. The summed E-state index contributed by atoms with van der Waals surface area (Å²) < 4.78 is 37.6. The molecule has 0 saturated heterocycles. The molecule has 7 heteroatoms. The summed E-state index contributed by atoms with van der Waals surface area (Å²) in [5.74, 6) is 0. The number of rotatable bonds is 3. The Labute approximate surface area is 110 Å². The molecule has 2 rings (SSSR count). The molecule has 0 atom stereocenters. The lowest BCUT2D eigenvalue weighted by Gasteiger charge is -2.07. The van der Waals surface area contributed by atoms with Crippen LogP contribution < -0.4 is 0 Å². The summed E-state index contributed by atoms with van der Waals surface area (Å²) in [6.07, 6.45) is -4.13. The highest BCUT2D eigenvalue weighted by Crippen LogP contribution is 2.31. The molecule has 1 heterocycles. The van der Waals surface area contributed by atoms with Crippen molar-refractivity contribution in [2.24, 2.45) is 0 Å². The second kappa shape index (κ2) is 5.00. The van der Waals surface area contributed by atoms with Crippen molar-refractivity contribution in [3.8, 4) is 0 Å². The van der Waals surface area contributed by atoms with E-state index in [1.54, 1.807) is 12.1 Å². The van der Waals surface area contributed by atoms with E-state index in [1.807, 2.05) is 0 Å². The predicted octanol–water partition coefficient (Wildman–Crippen LogP) is 4.27. The minimum absolute atomic E-state index is 0.0121. The molecule has 100 valence electrons. The van der Waals surface area contributed by atoms with Crippen molar-refractivity contribution in [3.05, 3.63) is 62.5 Å². The van der Waals surface area contributed by atoms with Gasteiger partial charge in [0.2, 0.25) is 0 Å². The molecule has 0 aliphatic rings. The minimum atomic E-state index is -4.38. The normalized spacial score (nSPS) is 11.5. The maximum Gasteiger partial charge on any atom is 0.416 e. The third-order valence-electron chi connectivity index (χ3n) is 2.46. The van der Waals surface area contributed by atoms with Crippen LogP contribution in [-0.4, -0.2) is 4.92 Å². The Kier molecular flexibility index (Phi) is 3.57. The summed E-state index contributed by atoms with van der Waals surface area (Å²) in [5.41, 5.74) is -0.234. The van der Waals surface area contributed by atoms with Gasteiger partial charge >= 0.3 is 11.2 Å². The SMILES string of the molecule is O=[N+]([O-])c1ccc(Cc2cccc(C(F)(F)F)c2)s1. The number of hydrogen-bond donors (Lipinski definition) is 0.